The zero-order valence-electron chi connectivity index (χ0n) is 12.3. The van der Waals surface area contributed by atoms with E-state index in [2.05, 4.69) is 24.1 Å². The molecular weight excluding hydrogens is 258 g/mol. The summed E-state index contributed by atoms with van der Waals surface area (Å²) in [7, 11) is 0. The zero-order chi connectivity index (χ0) is 14.5. The van der Waals surface area contributed by atoms with Crippen molar-refractivity contribution in [2.75, 3.05) is 19.6 Å². The average Bonchev–Trinajstić information content (AvgIpc) is 2.86. The zero-order valence-corrected chi connectivity index (χ0v) is 12.3. The van der Waals surface area contributed by atoms with Crippen molar-refractivity contribution in [3.8, 4) is 0 Å². The van der Waals surface area contributed by atoms with Crippen LogP contribution in [0.25, 0.3) is 0 Å². The first kappa shape index (κ1) is 15.4. The number of nitrogens with zero attached hydrogens (tertiary/aromatic N) is 1. The Balaban J connectivity index is 2.03. The quantitative estimate of drug-likeness (QED) is 0.862. The van der Waals surface area contributed by atoms with Gasteiger partial charge in [-0.05, 0) is 43.5 Å². The highest BCUT2D eigenvalue weighted by Crippen LogP contribution is 2.15. The van der Waals surface area contributed by atoms with Gasteiger partial charge in [-0.15, -0.1) is 0 Å². The largest absolute Gasteiger partial charge is 0.313 e. The van der Waals surface area contributed by atoms with Gasteiger partial charge in [-0.3, -0.25) is 4.90 Å². The molecule has 1 fully saturated rings. The standard InChI is InChI=1S/C16H24F2N2/c1-12(2)9-20(11-15-4-3-7-19-15)10-13-8-14(17)5-6-16(13)18/h5-6,8,12,15,19H,3-4,7,9-11H2,1-2H3. The molecule has 0 aliphatic carbocycles. The number of rotatable bonds is 6. The Bertz CT molecular complexity index is 428. The van der Waals surface area contributed by atoms with Crippen LogP contribution in [0.1, 0.15) is 32.3 Å². The van der Waals surface area contributed by atoms with Crippen LogP contribution in [0.4, 0.5) is 8.78 Å². The predicted molar refractivity (Wildman–Crippen MR) is 77.5 cm³/mol. The first-order valence-corrected chi connectivity index (χ1v) is 7.44. The van der Waals surface area contributed by atoms with Gasteiger partial charge in [-0.2, -0.15) is 0 Å². The first-order valence-electron chi connectivity index (χ1n) is 7.44. The SMILES string of the molecule is CC(C)CN(Cc1cc(F)ccc1F)CC1CCCN1. The summed E-state index contributed by atoms with van der Waals surface area (Å²) in [6, 6.07) is 4.17. The molecule has 1 aromatic rings. The van der Waals surface area contributed by atoms with Crippen molar-refractivity contribution in [2.24, 2.45) is 5.92 Å². The molecule has 1 aliphatic rings. The van der Waals surface area contributed by atoms with E-state index in [0.29, 0.717) is 24.1 Å². The van der Waals surface area contributed by atoms with E-state index in [9.17, 15) is 8.78 Å². The molecule has 1 atom stereocenters. The summed E-state index contributed by atoms with van der Waals surface area (Å²) >= 11 is 0. The third-order valence-corrected chi connectivity index (χ3v) is 3.67. The highest BCUT2D eigenvalue weighted by molar-refractivity contribution is 5.18. The van der Waals surface area contributed by atoms with Gasteiger partial charge in [0.2, 0.25) is 0 Å². The maximum atomic E-state index is 13.8. The molecule has 0 bridgehead atoms. The number of nitrogens with one attached hydrogen (secondary N) is 1. The topological polar surface area (TPSA) is 15.3 Å². The van der Waals surface area contributed by atoms with Crippen molar-refractivity contribution in [3.63, 3.8) is 0 Å². The maximum absolute atomic E-state index is 13.8. The Morgan fingerprint density at radius 2 is 2.15 bits per heavy atom. The molecule has 2 nitrogen and oxygen atoms in total. The molecule has 1 aliphatic heterocycles. The number of hydrogen-bond acceptors (Lipinski definition) is 2. The summed E-state index contributed by atoms with van der Waals surface area (Å²) in [5.74, 6) is -0.183. The average molecular weight is 282 g/mol. The van der Waals surface area contributed by atoms with Crippen molar-refractivity contribution in [2.45, 2.75) is 39.3 Å². The molecule has 1 unspecified atom stereocenters. The van der Waals surface area contributed by atoms with Gasteiger partial charge < -0.3 is 5.32 Å². The van der Waals surface area contributed by atoms with E-state index in [4.69, 9.17) is 0 Å². The summed E-state index contributed by atoms with van der Waals surface area (Å²) in [6.45, 7) is 7.63. The van der Waals surface area contributed by atoms with Crippen LogP contribution in [0.5, 0.6) is 0 Å². The lowest BCUT2D eigenvalue weighted by atomic mass is 10.1. The van der Waals surface area contributed by atoms with E-state index in [1.54, 1.807) is 0 Å². The number of benzene rings is 1. The second-order valence-corrected chi connectivity index (χ2v) is 6.12. The minimum atomic E-state index is -0.370. The summed E-state index contributed by atoms with van der Waals surface area (Å²) < 4.78 is 27.0. The molecule has 2 rings (SSSR count). The Morgan fingerprint density at radius 3 is 2.80 bits per heavy atom. The number of halogens is 2. The molecule has 0 aromatic heterocycles. The molecule has 1 N–H and O–H groups in total. The number of hydrogen-bond donors (Lipinski definition) is 1. The van der Waals surface area contributed by atoms with E-state index in [1.807, 2.05) is 0 Å². The summed E-state index contributed by atoms with van der Waals surface area (Å²) in [5, 5.41) is 3.46. The minimum absolute atomic E-state index is 0.320. The lowest BCUT2D eigenvalue weighted by molar-refractivity contribution is 0.213. The van der Waals surface area contributed by atoms with Crippen LogP contribution < -0.4 is 5.32 Å². The van der Waals surface area contributed by atoms with Crippen LogP contribution in [0.3, 0.4) is 0 Å². The van der Waals surface area contributed by atoms with Crippen molar-refractivity contribution in [1.29, 1.82) is 0 Å². The molecule has 4 heteroatoms. The highest BCUT2D eigenvalue weighted by atomic mass is 19.1. The Labute approximate surface area is 120 Å². The van der Waals surface area contributed by atoms with E-state index < -0.39 is 0 Å². The van der Waals surface area contributed by atoms with Gasteiger partial charge in [0.05, 0.1) is 0 Å². The van der Waals surface area contributed by atoms with E-state index in [0.717, 1.165) is 19.6 Å². The van der Waals surface area contributed by atoms with Gasteiger partial charge in [0.1, 0.15) is 11.6 Å². The highest BCUT2D eigenvalue weighted by Gasteiger charge is 2.19. The molecule has 1 aromatic carbocycles. The Morgan fingerprint density at radius 1 is 1.35 bits per heavy atom. The molecule has 20 heavy (non-hydrogen) atoms. The van der Waals surface area contributed by atoms with Gasteiger partial charge >= 0.3 is 0 Å². The smallest absolute Gasteiger partial charge is 0.127 e. The Kier molecular flexibility index (Phi) is 5.49. The molecule has 0 amide bonds. The summed E-state index contributed by atoms with van der Waals surface area (Å²) in [6.07, 6.45) is 2.37. The minimum Gasteiger partial charge on any atom is -0.313 e. The first-order chi connectivity index (χ1) is 9.54. The third kappa shape index (κ3) is 4.53. The lowest BCUT2D eigenvalue weighted by Crippen LogP contribution is -2.39. The molecule has 112 valence electrons. The van der Waals surface area contributed by atoms with Gasteiger partial charge in [-0.1, -0.05) is 13.8 Å². The van der Waals surface area contributed by atoms with Crippen LogP contribution in [0.15, 0.2) is 18.2 Å². The van der Waals surface area contributed by atoms with E-state index in [1.165, 1.54) is 31.0 Å². The third-order valence-electron chi connectivity index (χ3n) is 3.67. The fourth-order valence-corrected chi connectivity index (χ4v) is 2.85. The second kappa shape index (κ2) is 7.14. The van der Waals surface area contributed by atoms with Crippen molar-refractivity contribution in [1.82, 2.24) is 10.2 Å². The van der Waals surface area contributed by atoms with E-state index >= 15 is 0 Å². The van der Waals surface area contributed by atoms with Crippen molar-refractivity contribution < 1.29 is 8.78 Å². The van der Waals surface area contributed by atoms with Gasteiger partial charge in [-0.25, -0.2) is 8.78 Å². The van der Waals surface area contributed by atoms with Crippen LogP contribution in [-0.4, -0.2) is 30.6 Å². The van der Waals surface area contributed by atoms with Gasteiger partial charge in [0.25, 0.3) is 0 Å². The molecule has 0 radical (unpaired) electrons. The van der Waals surface area contributed by atoms with Gasteiger partial charge in [0, 0.05) is 31.2 Å². The van der Waals surface area contributed by atoms with Crippen molar-refractivity contribution in [3.05, 3.63) is 35.4 Å². The summed E-state index contributed by atoms with van der Waals surface area (Å²) in [5.41, 5.74) is 0.448. The Hall–Kier alpha value is -1.00. The van der Waals surface area contributed by atoms with Crippen LogP contribution in [-0.2, 0) is 6.54 Å². The maximum Gasteiger partial charge on any atom is 0.127 e. The monoisotopic (exact) mass is 282 g/mol. The van der Waals surface area contributed by atoms with E-state index in [-0.39, 0.29) is 11.6 Å². The molecule has 0 saturated carbocycles. The lowest BCUT2D eigenvalue weighted by Gasteiger charge is -2.27. The van der Waals surface area contributed by atoms with Crippen LogP contribution >= 0.6 is 0 Å². The van der Waals surface area contributed by atoms with Crippen LogP contribution in [0.2, 0.25) is 0 Å². The molecule has 1 heterocycles. The molecule has 1 saturated heterocycles. The fourth-order valence-electron chi connectivity index (χ4n) is 2.85. The second-order valence-electron chi connectivity index (χ2n) is 6.12. The molecular formula is C16H24F2N2. The molecule has 0 spiro atoms. The fraction of sp³-hybridized carbons (Fsp3) is 0.625. The predicted octanol–water partition coefficient (Wildman–Crippen LogP) is 3.17. The summed E-state index contributed by atoms with van der Waals surface area (Å²) in [4.78, 5) is 2.23. The van der Waals surface area contributed by atoms with Crippen LogP contribution in [0, 0.1) is 17.6 Å². The van der Waals surface area contributed by atoms with Crippen molar-refractivity contribution >= 4 is 0 Å². The normalized spacial score (nSPS) is 19.2. The van der Waals surface area contributed by atoms with Gasteiger partial charge in [0.15, 0.2) is 0 Å².